The Morgan fingerprint density at radius 2 is 1.82 bits per heavy atom. The van der Waals surface area contributed by atoms with Crippen LogP contribution in [-0.4, -0.2) is 19.7 Å². The second-order valence-corrected chi connectivity index (χ2v) is 6.39. The molecule has 2 heterocycles. The second-order valence-electron chi connectivity index (χ2n) is 6.39. The first-order valence-corrected chi connectivity index (χ1v) is 8.44. The molecule has 0 aliphatic rings. The van der Waals surface area contributed by atoms with Crippen LogP contribution in [0.3, 0.4) is 0 Å². The van der Waals surface area contributed by atoms with Gasteiger partial charge in [-0.15, -0.1) is 0 Å². The lowest BCUT2D eigenvalue weighted by Crippen LogP contribution is -2.04. The van der Waals surface area contributed by atoms with Crippen LogP contribution in [0.25, 0.3) is 16.7 Å². The molecule has 2 aromatic heterocycles. The third-order valence-electron chi connectivity index (χ3n) is 4.29. The van der Waals surface area contributed by atoms with Gasteiger partial charge in [-0.3, -0.25) is 0 Å². The van der Waals surface area contributed by atoms with E-state index in [9.17, 15) is 13.2 Å². The highest BCUT2D eigenvalue weighted by atomic mass is 19.4. The Balaban J connectivity index is 1.75. The lowest BCUT2D eigenvalue weighted by Gasteiger charge is -2.10. The molecule has 0 aliphatic heterocycles. The fraction of sp³-hybridized carbons (Fsp3) is 0.150. The number of rotatable bonds is 3. The number of aryl methyl sites for hydroxylation is 2. The molecule has 4 aromatic rings. The van der Waals surface area contributed by atoms with Crippen molar-refractivity contribution < 1.29 is 17.9 Å². The van der Waals surface area contributed by atoms with Gasteiger partial charge in [0.05, 0.1) is 17.4 Å². The average Bonchev–Trinajstić information content (AvgIpc) is 3.06. The van der Waals surface area contributed by atoms with E-state index in [-0.39, 0.29) is 11.6 Å². The van der Waals surface area contributed by atoms with E-state index in [0.29, 0.717) is 11.0 Å². The van der Waals surface area contributed by atoms with E-state index < -0.39 is 11.7 Å². The van der Waals surface area contributed by atoms with Gasteiger partial charge in [0.1, 0.15) is 17.5 Å². The van der Waals surface area contributed by atoms with Gasteiger partial charge >= 0.3 is 6.18 Å². The minimum absolute atomic E-state index is 0.0362. The van der Waals surface area contributed by atoms with E-state index in [2.05, 4.69) is 15.1 Å². The first-order valence-electron chi connectivity index (χ1n) is 8.44. The molecule has 0 saturated carbocycles. The highest BCUT2D eigenvalue weighted by molar-refractivity contribution is 5.81. The maximum absolute atomic E-state index is 12.9. The Kier molecular flexibility index (Phi) is 4.26. The topological polar surface area (TPSA) is 52.8 Å². The molecular formula is C20H15F3N4O. The van der Waals surface area contributed by atoms with Crippen LogP contribution in [0, 0.1) is 13.8 Å². The summed E-state index contributed by atoms with van der Waals surface area (Å²) in [5.41, 5.74) is 2.71. The summed E-state index contributed by atoms with van der Waals surface area (Å²) in [5, 5.41) is 4.87. The fourth-order valence-corrected chi connectivity index (χ4v) is 2.97. The van der Waals surface area contributed by atoms with Gasteiger partial charge < -0.3 is 4.74 Å². The average molecular weight is 384 g/mol. The number of alkyl halides is 3. The van der Waals surface area contributed by atoms with Crippen LogP contribution < -0.4 is 4.74 Å². The number of hydrogen-bond acceptors (Lipinski definition) is 4. The summed E-state index contributed by atoms with van der Waals surface area (Å²) < 4.78 is 46.0. The summed E-state index contributed by atoms with van der Waals surface area (Å²) in [6.07, 6.45) is -1.61. The lowest BCUT2D eigenvalue weighted by molar-refractivity contribution is -0.137. The zero-order chi connectivity index (χ0) is 19.9. The molecule has 0 atom stereocenters. The Bertz CT molecular complexity index is 1170. The molecule has 0 N–H and O–H groups in total. The number of hydrogen-bond donors (Lipinski definition) is 0. The molecule has 0 bridgehead atoms. The van der Waals surface area contributed by atoms with E-state index in [4.69, 9.17) is 4.74 Å². The Morgan fingerprint density at radius 3 is 2.57 bits per heavy atom. The van der Waals surface area contributed by atoms with Crippen molar-refractivity contribution in [1.82, 2.24) is 19.7 Å². The minimum Gasteiger partial charge on any atom is -0.438 e. The van der Waals surface area contributed by atoms with Crippen LogP contribution in [0.4, 0.5) is 13.2 Å². The Labute approximate surface area is 158 Å². The molecule has 2 aromatic carbocycles. The molecule has 5 nitrogen and oxygen atoms in total. The summed E-state index contributed by atoms with van der Waals surface area (Å²) in [6, 6.07) is 10.6. The van der Waals surface area contributed by atoms with Crippen LogP contribution in [-0.2, 0) is 6.18 Å². The molecule has 28 heavy (non-hydrogen) atoms. The molecule has 0 unspecified atom stereocenters. The van der Waals surface area contributed by atoms with Gasteiger partial charge in [0.2, 0.25) is 5.88 Å². The van der Waals surface area contributed by atoms with Gasteiger partial charge in [0.25, 0.3) is 0 Å². The molecule has 0 fully saturated rings. The summed E-state index contributed by atoms with van der Waals surface area (Å²) in [4.78, 5) is 8.34. The SMILES string of the molecule is Cc1ccc(-n2ncc3c(Oc4cccc(C(F)(F)F)c4)ncnc32)c(C)c1. The third kappa shape index (κ3) is 3.28. The van der Waals surface area contributed by atoms with Crippen molar-refractivity contribution in [2.45, 2.75) is 20.0 Å². The first-order chi connectivity index (χ1) is 13.3. The van der Waals surface area contributed by atoms with Gasteiger partial charge in [-0.1, -0.05) is 23.8 Å². The quantitative estimate of drug-likeness (QED) is 0.485. The van der Waals surface area contributed by atoms with Crippen LogP contribution in [0.5, 0.6) is 11.6 Å². The highest BCUT2D eigenvalue weighted by Crippen LogP contribution is 2.34. The second kappa shape index (κ2) is 6.63. The molecule has 0 aliphatic carbocycles. The number of benzene rings is 2. The number of halogens is 3. The maximum Gasteiger partial charge on any atom is 0.416 e. The fourth-order valence-electron chi connectivity index (χ4n) is 2.97. The first kappa shape index (κ1) is 18.0. The molecule has 0 saturated heterocycles. The lowest BCUT2D eigenvalue weighted by atomic mass is 10.1. The Morgan fingerprint density at radius 1 is 1.00 bits per heavy atom. The van der Waals surface area contributed by atoms with E-state index in [0.717, 1.165) is 28.9 Å². The third-order valence-corrected chi connectivity index (χ3v) is 4.29. The monoisotopic (exact) mass is 384 g/mol. The summed E-state index contributed by atoms with van der Waals surface area (Å²) in [5.74, 6) is 0.175. The molecule has 0 spiro atoms. The predicted molar refractivity (Wildman–Crippen MR) is 97.7 cm³/mol. The predicted octanol–water partition coefficient (Wildman–Crippen LogP) is 5.24. The van der Waals surface area contributed by atoms with Gasteiger partial charge in [-0.25, -0.2) is 14.6 Å². The van der Waals surface area contributed by atoms with Crippen molar-refractivity contribution in [1.29, 1.82) is 0 Å². The molecule has 4 rings (SSSR count). The molecule has 0 radical (unpaired) electrons. The van der Waals surface area contributed by atoms with Gasteiger partial charge in [-0.05, 0) is 43.7 Å². The van der Waals surface area contributed by atoms with Crippen molar-refractivity contribution in [2.24, 2.45) is 0 Å². The van der Waals surface area contributed by atoms with Gasteiger partial charge in [0.15, 0.2) is 5.65 Å². The Hall–Kier alpha value is -3.42. The van der Waals surface area contributed by atoms with E-state index in [1.54, 1.807) is 4.68 Å². The van der Waals surface area contributed by atoms with E-state index >= 15 is 0 Å². The van der Waals surface area contributed by atoms with Gasteiger partial charge in [0, 0.05) is 0 Å². The normalized spacial score (nSPS) is 11.8. The summed E-state index contributed by atoms with van der Waals surface area (Å²) in [7, 11) is 0. The molecule has 8 heteroatoms. The number of fused-ring (bicyclic) bond motifs is 1. The van der Waals surface area contributed by atoms with Crippen molar-refractivity contribution in [3.8, 4) is 17.3 Å². The van der Waals surface area contributed by atoms with Crippen molar-refractivity contribution in [2.75, 3.05) is 0 Å². The largest absolute Gasteiger partial charge is 0.438 e. The zero-order valence-corrected chi connectivity index (χ0v) is 15.0. The van der Waals surface area contributed by atoms with E-state index in [1.807, 2.05) is 32.0 Å². The van der Waals surface area contributed by atoms with Gasteiger partial charge in [-0.2, -0.15) is 18.3 Å². The van der Waals surface area contributed by atoms with Crippen molar-refractivity contribution >= 4 is 11.0 Å². The van der Waals surface area contributed by atoms with Crippen LogP contribution in [0.15, 0.2) is 55.0 Å². The van der Waals surface area contributed by atoms with Crippen LogP contribution in [0.2, 0.25) is 0 Å². The smallest absolute Gasteiger partial charge is 0.416 e. The standard InChI is InChI=1S/C20H15F3N4O/c1-12-6-7-17(13(2)8-12)27-18-16(10-26-27)19(25-11-24-18)28-15-5-3-4-14(9-15)20(21,22)23/h3-11H,1-2H3. The number of ether oxygens (including phenoxy) is 1. The molecule has 0 amide bonds. The maximum atomic E-state index is 12.9. The van der Waals surface area contributed by atoms with Crippen LogP contribution >= 0.6 is 0 Å². The number of aromatic nitrogens is 4. The summed E-state index contributed by atoms with van der Waals surface area (Å²) in [6.45, 7) is 3.97. The zero-order valence-electron chi connectivity index (χ0n) is 15.0. The van der Waals surface area contributed by atoms with Crippen molar-refractivity contribution in [3.63, 3.8) is 0 Å². The highest BCUT2D eigenvalue weighted by Gasteiger charge is 2.30. The van der Waals surface area contributed by atoms with Crippen LogP contribution in [0.1, 0.15) is 16.7 Å². The van der Waals surface area contributed by atoms with E-state index in [1.165, 1.54) is 24.7 Å². The minimum atomic E-state index is -4.45. The van der Waals surface area contributed by atoms with Crippen molar-refractivity contribution in [3.05, 3.63) is 71.7 Å². The molecular weight excluding hydrogens is 369 g/mol. The molecule has 142 valence electrons. The summed E-state index contributed by atoms with van der Waals surface area (Å²) >= 11 is 0. The number of nitrogens with zero attached hydrogens (tertiary/aromatic N) is 4.